The van der Waals surface area contributed by atoms with Crippen molar-refractivity contribution < 1.29 is 38.1 Å². The largest absolute Gasteiger partial charge is 0.496 e. The van der Waals surface area contributed by atoms with Crippen LogP contribution < -0.4 is 9.64 Å². The molecule has 5 aliphatic heterocycles. The summed E-state index contributed by atoms with van der Waals surface area (Å²) in [5, 5.41) is 1.10. The number of fused-ring (bicyclic) bond motifs is 6. The molecule has 12 nitrogen and oxygen atoms in total. The lowest BCUT2D eigenvalue weighted by Crippen LogP contribution is -2.79. The Hall–Kier alpha value is -4.65. The highest BCUT2D eigenvalue weighted by Crippen LogP contribution is 2.66. The number of aromatic amines is 1. The Kier molecular flexibility index (Phi) is 9.60. The number of H-pyrrole nitrogens is 1. The summed E-state index contributed by atoms with van der Waals surface area (Å²) in [6, 6.07) is 9.89. The van der Waals surface area contributed by atoms with Gasteiger partial charge in [0.15, 0.2) is 6.10 Å². The Morgan fingerprint density at radius 3 is 2.42 bits per heavy atom. The molecule has 59 heavy (non-hydrogen) atoms. The number of nitrogens with zero attached hydrogens (tertiary/aromatic N) is 3. The average Bonchev–Trinajstić information content (AvgIpc) is 3.88. The van der Waals surface area contributed by atoms with Gasteiger partial charge >= 0.3 is 17.9 Å². The zero-order valence-electron chi connectivity index (χ0n) is 35.9. The number of aryl methyl sites for hydroxylation is 1. The number of rotatable bonds is 8. The summed E-state index contributed by atoms with van der Waals surface area (Å²) in [6.07, 6.45) is 6.45. The van der Waals surface area contributed by atoms with E-state index in [9.17, 15) is 9.59 Å². The van der Waals surface area contributed by atoms with Crippen molar-refractivity contribution in [1.82, 2.24) is 14.8 Å². The fourth-order valence-corrected chi connectivity index (χ4v) is 13.0. The Bertz CT molecular complexity index is 2310. The molecule has 1 N–H and O–H groups in total. The average molecular weight is 807 g/mol. The minimum Gasteiger partial charge on any atom is -0.496 e. The molecule has 2 unspecified atom stereocenters. The van der Waals surface area contributed by atoms with Crippen LogP contribution >= 0.6 is 0 Å². The highest BCUT2D eigenvalue weighted by atomic mass is 16.6. The van der Waals surface area contributed by atoms with Crippen molar-refractivity contribution in [3.8, 4) is 5.75 Å². The van der Waals surface area contributed by atoms with E-state index in [1.807, 2.05) is 13.1 Å². The molecule has 6 heterocycles. The number of carbonyl (C=O) groups is 3. The van der Waals surface area contributed by atoms with Gasteiger partial charge < -0.3 is 33.6 Å². The third-order valence-electron chi connectivity index (χ3n) is 15.1. The topological polar surface area (TPSA) is 123 Å². The van der Waals surface area contributed by atoms with Gasteiger partial charge in [-0.2, -0.15) is 0 Å². The van der Waals surface area contributed by atoms with Crippen LogP contribution in [0.4, 0.5) is 5.69 Å². The number of likely N-dealkylation sites (N-methyl/N-ethyl adjacent to an activating group) is 1. The predicted molar refractivity (Wildman–Crippen MR) is 224 cm³/mol. The molecule has 12 heteroatoms. The van der Waals surface area contributed by atoms with Gasteiger partial charge in [0.25, 0.3) is 0 Å². The highest BCUT2D eigenvalue weighted by Gasteiger charge is 2.78. The lowest BCUT2D eigenvalue weighted by Gasteiger charge is -2.60. The van der Waals surface area contributed by atoms with E-state index in [4.69, 9.17) is 23.7 Å². The van der Waals surface area contributed by atoms with Crippen molar-refractivity contribution >= 4 is 34.5 Å². The van der Waals surface area contributed by atoms with Gasteiger partial charge in [0.1, 0.15) is 11.2 Å². The summed E-state index contributed by atoms with van der Waals surface area (Å²) < 4.78 is 30.9. The number of carbonyl (C=O) groups excluding carboxylic acids is 3. The number of aromatic nitrogens is 1. The molecular formula is C47H58N4O8. The minimum atomic E-state index is -1.71. The number of nitrogens with one attached hydrogen (secondary N) is 1. The van der Waals surface area contributed by atoms with Crippen LogP contribution in [0.2, 0.25) is 0 Å². The summed E-state index contributed by atoms with van der Waals surface area (Å²) >= 11 is 0. The number of esters is 3. The molecule has 2 bridgehead atoms. The molecule has 9 atom stereocenters. The standard InChI is InChI=1S/C47H58N4O8/c1-10-28-19-29-22-46(43(53)56-7,39-32(25-50(23-28)24-29)31-18-26(3)12-13-35(31)48-39)34-20-33-36(21-37(34)55-6)49(5)42-45(33)15-17-51-16-14-30(11-2)38(40(45)51)41(59-27(4)52)47(42,58-9)44(54)57-8/h12-14,18-21,29,38,40-42,48H,10-11,15-17,22-25H2,1-9H3/t29-,38?,40+,41-,42-,45-,46+,47-/m1/s1. The molecule has 6 aliphatic rings. The first-order valence-corrected chi connectivity index (χ1v) is 21.2. The molecule has 1 spiro atoms. The molecule has 1 saturated carbocycles. The van der Waals surface area contributed by atoms with Crippen LogP contribution in [0, 0.1) is 18.8 Å². The molecule has 2 aromatic carbocycles. The molecule has 0 amide bonds. The molecule has 9 rings (SSSR count). The molecule has 0 radical (unpaired) electrons. The summed E-state index contributed by atoms with van der Waals surface area (Å²) in [4.78, 5) is 54.0. The Balaban J connectivity index is 1.37. The van der Waals surface area contributed by atoms with Crippen LogP contribution in [-0.4, -0.2) is 118 Å². The van der Waals surface area contributed by atoms with Crippen molar-refractivity contribution in [3.63, 3.8) is 0 Å². The van der Waals surface area contributed by atoms with Gasteiger partial charge in [0.2, 0.25) is 5.60 Å². The van der Waals surface area contributed by atoms with E-state index in [1.165, 1.54) is 33.8 Å². The summed E-state index contributed by atoms with van der Waals surface area (Å²) in [5.41, 5.74) is 5.38. The number of methoxy groups -OCH3 is 4. The smallest absolute Gasteiger partial charge is 0.344 e. The maximum Gasteiger partial charge on any atom is 0.344 e. The first-order valence-electron chi connectivity index (χ1n) is 21.2. The Labute approximate surface area is 346 Å². The second-order valence-electron chi connectivity index (χ2n) is 17.7. The first-order chi connectivity index (χ1) is 28.4. The van der Waals surface area contributed by atoms with E-state index in [2.05, 4.69) is 76.9 Å². The molecular weight excluding hydrogens is 749 g/mol. The number of hydrogen-bond acceptors (Lipinski definition) is 11. The van der Waals surface area contributed by atoms with Gasteiger partial charge in [0.05, 0.1) is 27.4 Å². The fraction of sp³-hybridized carbons (Fsp3) is 0.553. The maximum atomic E-state index is 15.3. The van der Waals surface area contributed by atoms with Gasteiger partial charge in [-0.3, -0.25) is 19.4 Å². The number of hydrogen-bond donors (Lipinski definition) is 1. The van der Waals surface area contributed by atoms with E-state index in [0.29, 0.717) is 31.6 Å². The molecule has 1 aromatic heterocycles. The zero-order valence-corrected chi connectivity index (χ0v) is 35.9. The zero-order chi connectivity index (χ0) is 41.8. The first kappa shape index (κ1) is 39.8. The Morgan fingerprint density at radius 2 is 1.75 bits per heavy atom. The number of ether oxygens (including phenoxy) is 5. The summed E-state index contributed by atoms with van der Waals surface area (Å²) in [7, 11) is 8.02. The third-order valence-corrected chi connectivity index (χ3v) is 15.1. The third kappa shape index (κ3) is 5.27. The molecule has 2 fully saturated rings. The van der Waals surface area contributed by atoms with E-state index in [0.717, 1.165) is 82.7 Å². The van der Waals surface area contributed by atoms with Gasteiger partial charge in [-0.1, -0.05) is 48.8 Å². The van der Waals surface area contributed by atoms with E-state index >= 15 is 4.79 Å². The predicted octanol–water partition coefficient (Wildman–Crippen LogP) is 5.72. The minimum absolute atomic E-state index is 0.0484. The van der Waals surface area contributed by atoms with Gasteiger partial charge in [0, 0.05) is 98.5 Å². The SMILES string of the molecule is CCC1=C[C@H]2CN(C1)Cc1c([nH]c3ccc(C)cc13)[C@@](C(=O)OC)(c1cc3c(cc1OC)N(C)[C@H]1[C@@](OC)(C(=O)OC)[C@H](OC(C)=O)C4C(CC)=CCN5CC[C@]31[C@H]45)C2. The van der Waals surface area contributed by atoms with Crippen LogP contribution in [0.5, 0.6) is 5.75 Å². The number of anilines is 1. The van der Waals surface area contributed by atoms with Crippen LogP contribution in [0.25, 0.3) is 10.9 Å². The second-order valence-corrected chi connectivity index (χ2v) is 17.7. The second kappa shape index (κ2) is 14.2. The molecule has 1 aliphatic carbocycles. The quantitative estimate of drug-likeness (QED) is 0.171. The summed E-state index contributed by atoms with van der Waals surface area (Å²) in [6.45, 7) is 11.7. The lowest BCUT2D eigenvalue weighted by molar-refractivity contribution is -0.219. The van der Waals surface area contributed by atoms with Crippen LogP contribution in [0.15, 0.2) is 53.6 Å². The molecule has 314 valence electrons. The highest BCUT2D eigenvalue weighted by molar-refractivity contribution is 5.95. The van der Waals surface area contributed by atoms with E-state index in [-0.39, 0.29) is 23.8 Å². The van der Waals surface area contributed by atoms with Crippen molar-refractivity contribution in [2.45, 2.75) is 94.5 Å². The van der Waals surface area contributed by atoms with E-state index in [1.54, 1.807) is 7.11 Å². The Morgan fingerprint density at radius 1 is 0.966 bits per heavy atom. The summed E-state index contributed by atoms with van der Waals surface area (Å²) in [5.74, 6) is -1.21. The maximum absolute atomic E-state index is 15.3. The molecule has 3 aromatic rings. The van der Waals surface area contributed by atoms with Crippen LogP contribution in [0.3, 0.4) is 0 Å². The monoisotopic (exact) mass is 806 g/mol. The van der Waals surface area contributed by atoms with Crippen LogP contribution in [-0.2, 0) is 50.7 Å². The van der Waals surface area contributed by atoms with Crippen molar-refractivity contribution in [2.24, 2.45) is 11.8 Å². The number of benzene rings is 2. The van der Waals surface area contributed by atoms with Crippen molar-refractivity contribution in [1.29, 1.82) is 0 Å². The van der Waals surface area contributed by atoms with E-state index < -0.39 is 40.5 Å². The van der Waals surface area contributed by atoms with Crippen molar-refractivity contribution in [3.05, 3.63) is 81.6 Å². The van der Waals surface area contributed by atoms with Gasteiger partial charge in [-0.15, -0.1) is 0 Å². The van der Waals surface area contributed by atoms with Gasteiger partial charge in [-0.05, 0) is 74.4 Å². The lowest BCUT2D eigenvalue weighted by atomic mass is 9.52. The van der Waals surface area contributed by atoms with Crippen molar-refractivity contribution in [2.75, 3.05) is 66.6 Å². The van der Waals surface area contributed by atoms with Crippen LogP contribution in [0.1, 0.15) is 74.4 Å². The molecule has 1 saturated heterocycles. The fourth-order valence-electron chi connectivity index (χ4n) is 13.0. The van der Waals surface area contributed by atoms with Gasteiger partial charge in [-0.25, -0.2) is 4.79 Å². The normalized spacial score (nSPS) is 33.1.